The minimum Gasteiger partial charge on any atom is -0.465 e. The van der Waals surface area contributed by atoms with Crippen molar-refractivity contribution >= 4 is 17.6 Å². The van der Waals surface area contributed by atoms with E-state index in [1.54, 1.807) is 6.07 Å². The van der Waals surface area contributed by atoms with Gasteiger partial charge in [-0.25, -0.2) is 23.1 Å². The van der Waals surface area contributed by atoms with Crippen LogP contribution in [-0.2, 0) is 11.2 Å². The van der Waals surface area contributed by atoms with Crippen molar-refractivity contribution in [3.8, 4) is 0 Å². The second kappa shape index (κ2) is 8.99. The van der Waals surface area contributed by atoms with E-state index in [0.29, 0.717) is 17.8 Å². The number of hydrogen-bond acceptors (Lipinski definition) is 4. The van der Waals surface area contributed by atoms with Crippen LogP contribution in [0.3, 0.4) is 0 Å². The number of nitrogens with one attached hydrogen (secondary N) is 2. The van der Waals surface area contributed by atoms with Crippen LogP contribution in [0, 0.1) is 17.8 Å². The fraction of sp³-hybridized carbons (Fsp3) is 0.619. The Kier molecular flexibility index (Phi) is 6.38. The lowest BCUT2D eigenvalue weighted by Gasteiger charge is -2.33. The second-order valence-corrected chi connectivity index (χ2v) is 9.05. The van der Waals surface area contributed by atoms with Gasteiger partial charge in [0.1, 0.15) is 0 Å². The fourth-order valence-electron chi connectivity index (χ4n) is 4.84. The highest BCUT2D eigenvalue weighted by Gasteiger charge is 2.45. The van der Waals surface area contributed by atoms with Crippen LogP contribution in [0.25, 0.3) is 5.65 Å². The number of rotatable bonds is 5. The average Bonchev–Trinajstić information content (AvgIpc) is 3.15. The molecule has 2 amide bonds. The minimum absolute atomic E-state index is 0.0203. The smallest absolute Gasteiger partial charge is 0.405 e. The molecule has 1 saturated heterocycles. The molecule has 2 aromatic heterocycles. The van der Waals surface area contributed by atoms with E-state index >= 15 is 0 Å². The average molecular weight is 489 g/mol. The molecule has 0 radical (unpaired) electrons. The molecule has 1 aliphatic heterocycles. The summed E-state index contributed by atoms with van der Waals surface area (Å²) in [6, 6.07) is 2.11. The second-order valence-electron chi connectivity index (χ2n) is 9.05. The molecule has 2 fully saturated rings. The van der Waals surface area contributed by atoms with Crippen LogP contribution in [-0.4, -0.2) is 50.3 Å². The highest BCUT2D eigenvalue weighted by atomic mass is 19.4. The lowest BCUT2D eigenvalue weighted by Crippen LogP contribution is -2.47. The molecule has 3 N–H and O–H groups in total. The molecule has 3 heterocycles. The summed E-state index contributed by atoms with van der Waals surface area (Å²) in [5, 5.41) is 18.1. The Balaban J connectivity index is 1.56. The molecule has 4 rings (SSSR count). The number of imidazole rings is 1. The predicted molar refractivity (Wildman–Crippen MR) is 108 cm³/mol. The Hall–Kier alpha value is -2.99. The van der Waals surface area contributed by atoms with Crippen LogP contribution in [0.2, 0.25) is 0 Å². The molecular formula is C21H24F5N5O3. The van der Waals surface area contributed by atoms with Gasteiger partial charge >= 0.3 is 12.3 Å². The normalized spacial score (nSPS) is 26.1. The first-order valence-electron chi connectivity index (χ1n) is 11.0. The summed E-state index contributed by atoms with van der Waals surface area (Å²) in [5.74, 6) is -6.55. The summed E-state index contributed by atoms with van der Waals surface area (Å²) in [4.78, 5) is 27.8. The molecule has 186 valence electrons. The largest absolute Gasteiger partial charge is 0.465 e. The van der Waals surface area contributed by atoms with E-state index in [4.69, 9.17) is 0 Å². The van der Waals surface area contributed by atoms with E-state index in [1.807, 2.05) is 0 Å². The Morgan fingerprint density at radius 2 is 2.12 bits per heavy atom. The van der Waals surface area contributed by atoms with Gasteiger partial charge < -0.3 is 15.7 Å². The number of halogens is 5. The van der Waals surface area contributed by atoms with Crippen LogP contribution < -0.4 is 10.6 Å². The van der Waals surface area contributed by atoms with Crippen molar-refractivity contribution in [3.05, 3.63) is 29.7 Å². The molecule has 13 heteroatoms. The molecule has 1 saturated carbocycles. The topological polar surface area (TPSA) is 109 Å². The first kappa shape index (κ1) is 24.1. The summed E-state index contributed by atoms with van der Waals surface area (Å²) < 4.78 is 68.5. The van der Waals surface area contributed by atoms with Gasteiger partial charge in [-0.2, -0.15) is 18.3 Å². The minimum atomic E-state index is -4.41. The number of hydrogen-bond donors (Lipinski definition) is 3. The van der Waals surface area contributed by atoms with Crippen molar-refractivity contribution in [1.29, 1.82) is 0 Å². The van der Waals surface area contributed by atoms with Gasteiger partial charge in [-0.1, -0.05) is 0 Å². The van der Waals surface area contributed by atoms with Gasteiger partial charge in [-0.3, -0.25) is 4.79 Å². The van der Waals surface area contributed by atoms with Crippen LogP contribution in [0.5, 0.6) is 0 Å². The molecule has 0 bridgehead atoms. The lowest BCUT2D eigenvalue weighted by atomic mass is 9.81. The zero-order chi connectivity index (χ0) is 24.7. The van der Waals surface area contributed by atoms with Crippen molar-refractivity contribution in [2.45, 2.75) is 56.7 Å². The molecule has 2 aromatic rings. The van der Waals surface area contributed by atoms with E-state index in [-0.39, 0.29) is 31.4 Å². The molecule has 2 aliphatic rings. The van der Waals surface area contributed by atoms with Crippen molar-refractivity contribution in [2.75, 3.05) is 6.54 Å². The Bertz CT molecular complexity index is 1070. The SMILES string of the molecule is O=C(O)N[C@H](c1cn2nc(CC3C[C@H](C(F)(F)F)CNC3=O)ccc2n1)[C@@H]1CCCC(F)(F)C1. The number of carbonyl (C=O) groups is 2. The molecule has 1 aliphatic carbocycles. The quantitative estimate of drug-likeness (QED) is 0.555. The summed E-state index contributed by atoms with van der Waals surface area (Å²) in [6.07, 6.45) is -4.77. The van der Waals surface area contributed by atoms with Crippen molar-refractivity contribution in [2.24, 2.45) is 17.8 Å². The first-order chi connectivity index (χ1) is 15.9. The zero-order valence-electron chi connectivity index (χ0n) is 18.0. The van der Waals surface area contributed by atoms with Gasteiger partial charge in [0.05, 0.1) is 29.5 Å². The zero-order valence-corrected chi connectivity index (χ0v) is 18.0. The molecule has 34 heavy (non-hydrogen) atoms. The summed E-state index contributed by atoms with van der Waals surface area (Å²) >= 11 is 0. The fourth-order valence-corrected chi connectivity index (χ4v) is 4.84. The number of carbonyl (C=O) groups excluding carboxylic acids is 1. The van der Waals surface area contributed by atoms with Crippen molar-refractivity contribution in [1.82, 2.24) is 25.2 Å². The van der Waals surface area contributed by atoms with E-state index < -0.39 is 60.9 Å². The maximum absolute atomic E-state index is 14.0. The number of aromatic nitrogens is 3. The Morgan fingerprint density at radius 1 is 1.35 bits per heavy atom. The van der Waals surface area contributed by atoms with Crippen molar-refractivity contribution < 1.29 is 36.6 Å². The van der Waals surface area contributed by atoms with Gasteiger partial charge in [-0.05, 0) is 37.3 Å². The standard InChI is InChI=1S/C21H24F5N5O3/c22-20(23)5-1-2-11(8-20)17(29-19(33)34)15-10-31-16(28-15)4-3-14(30-31)7-12-6-13(21(24,25)26)9-27-18(12)32/h3-4,10-13,17,29H,1-2,5-9H2,(H,27,32)(H,33,34)/t11-,12?,13+,17+/m1/s1. The lowest BCUT2D eigenvalue weighted by molar-refractivity contribution is -0.183. The highest BCUT2D eigenvalue weighted by Crippen LogP contribution is 2.42. The van der Waals surface area contributed by atoms with Gasteiger partial charge in [0.15, 0.2) is 5.65 Å². The van der Waals surface area contributed by atoms with Gasteiger partial charge in [0.2, 0.25) is 11.8 Å². The molecule has 8 nitrogen and oxygen atoms in total. The monoisotopic (exact) mass is 489 g/mol. The summed E-state index contributed by atoms with van der Waals surface area (Å²) in [6.45, 7) is -0.450. The highest BCUT2D eigenvalue weighted by molar-refractivity contribution is 5.79. The first-order valence-corrected chi connectivity index (χ1v) is 11.0. The third-order valence-electron chi connectivity index (χ3n) is 6.52. The maximum Gasteiger partial charge on any atom is 0.405 e. The van der Waals surface area contributed by atoms with Crippen LogP contribution in [0.15, 0.2) is 18.3 Å². The number of amides is 2. The number of fused-ring (bicyclic) bond motifs is 1. The van der Waals surface area contributed by atoms with Crippen LogP contribution in [0.4, 0.5) is 26.7 Å². The number of alkyl halides is 5. The molecule has 4 atom stereocenters. The van der Waals surface area contributed by atoms with Gasteiger partial charge in [0.25, 0.3) is 0 Å². The van der Waals surface area contributed by atoms with E-state index in [9.17, 15) is 36.6 Å². The summed E-state index contributed by atoms with van der Waals surface area (Å²) in [7, 11) is 0. The maximum atomic E-state index is 14.0. The van der Waals surface area contributed by atoms with Gasteiger partial charge in [-0.15, -0.1) is 0 Å². The van der Waals surface area contributed by atoms with E-state index in [2.05, 4.69) is 20.7 Å². The van der Waals surface area contributed by atoms with Gasteiger partial charge in [0, 0.05) is 31.7 Å². The van der Waals surface area contributed by atoms with Crippen molar-refractivity contribution in [3.63, 3.8) is 0 Å². The molecule has 0 aromatic carbocycles. The molecule has 1 unspecified atom stereocenters. The van der Waals surface area contributed by atoms with E-state index in [0.717, 1.165) is 0 Å². The predicted octanol–water partition coefficient (Wildman–Crippen LogP) is 3.72. The van der Waals surface area contributed by atoms with Crippen LogP contribution >= 0.6 is 0 Å². The van der Waals surface area contributed by atoms with Crippen LogP contribution in [0.1, 0.15) is 49.5 Å². The van der Waals surface area contributed by atoms with E-state index in [1.165, 1.54) is 16.8 Å². The Labute approximate surface area is 190 Å². The number of piperidine rings is 1. The third-order valence-corrected chi connectivity index (χ3v) is 6.52. The molecule has 0 spiro atoms. The number of nitrogens with zero attached hydrogens (tertiary/aromatic N) is 3. The molecular weight excluding hydrogens is 465 g/mol. The number of carboxylic acid groups (broad SMARTS) is 1. The summed E-state index contributed by atoms with van der Waals surface area (Å²) in [5.41, 5.74) is 0.897. The Morgan fingerprint density at radius 3 is 2.79 bits per heavy atom. The third kappa shape index (κ3) is 5.39.